The standard InChI is InChI=1S/C7H19O3PS/c1-2-6-12-7-4-3-5-11(8,9)10/h8-11H,2-7H2,1H3. The molecule has 0 aromatic carbocycles. The number of hydrogen-bond acceptors (Lipinski definition) is 4. The molecule has 0 aromatic heterocycles. The van der Waals surface area contributed by atoms with Crippen molar-refractivity contribution in [2.75, 3.05) is 17.7 Å². The summed E-state index contributed by atoms with van der Waals surface area (Å²) in [7, 11) is -3.73. The van der Waals surface area contributed by atoms with Crippen LogP contribution in [0.3, 0.4) is 0 Å². The molecule has 0 saturated carbocycles. The van der Waals surface area contributed by atoms with Gasteiger partial charge in [0.1, 0.15) is 0 Å². The topological polar surface area (TPSA) is 60.7 Å². The van der Waals surface area contributed by atoms with Crippen molar-refractivity contribution in [3.05, 3.63) is 0 Å². The van der Waals surface area contributed by atoms with Gasteiger partial charge in [0.2, 0.25) is 0 Å². The van der Waals surface area contributed by atoms with Crippen LogP contribution in [0.15, 0.2) is 0 Å². The van der Waals surface area contributed by atoms with Crippen molar-refractivity contribution >= 4 is 19.7 Å². The average molecular weight is 214 g/mol. The summed E-state index contributed by atoms with van der Waals surface area (Å²) in [5.41, 5.74) is 0. The summed E-state index contributed by atoms with van der Waals surface area (Å²) in [6.07, 6.45) is 3.04. The molecule has 0 unspecified atom stereocenters. The third-order valence-corrected chi connectivity index (χ3v) is 3.70. The second-order valence-electron chi connectivity index (χ2n) is 2.84. The Balaban J connectivity index is 3.01. The quantitative estimate of drug-likeness (QED) is 0.442. The van der Waals surface area contributed by atoms with Crippen LogP contribution in [0.25, 0.3) is 0 Å². The summed E-state index contributed by atoms with van der Waals surface area (Å²) in [5.74, 6) is 2.22. The predicted molar refractivity (Wildman–Crippen MR) is 56.7 cm³/mol. The van der Waals surface area contributed by atoms with E-state index in [0.717, 1.165) is 12.2 Å². The molecule has 3 nitrogen and oxygen atoms in total. The van der Waals surface area contributed by atoms with Gasteiger partial charge >= 0.3 is 78.2 Å². The number of thioether (sulfide) groups is 1. The van der Waals surface area contributed by atoms with E-state index in [1.807, 2.05) is 11.8 Å². The molecule has 0 saturated heterocycles. The van der Waals surface area contributed by atoms with Crippen LogP contribution >= 0.6 is 19.7 Å². The van der Waals surface area contributed by atoms with E-state index in [4.69, 9.17) is 14.7 Å². The van der Waals surface area contributed by atoms with Crippen LogP contribution in [0.4, 0.5) is 0 Å². The molecule has 0 rings (SSSR count). The number of hydrogen-bond donors (Lipinski definition) is 3. The Hall–Kier alpha value is 0.660. The summed E-state index contributed by atoms with van der Waals surface area (Å²) in [6, 6.07) is 0. The molecular weight excluding hydrogens is 195 g/mol. The zero-order valence-electron chi connectivity index (χ0n) is 7.49. The molecule has 0 aliphatic rings. The fourth-order valence-corrected chi connectivity index (χ4v) is 2.44. The van der Waals surface area contributed by atoms with Gasteiger partial charge in [-0.3, -0.25) is 0 Å². The van der Waals surface area contributed by atoms with Gasteiger partial charge in [-0.1, -0.05) is 0 Å². The summed E-state index contributed by atoms with van der Waals surface area (Å²) >= 11 is 1.87. The fourth-order valence-electron chi connectivity index (χ4n) is 0.813. The van der Waals surface area contributed by atoms with Gasteiger partial charge < -0.3 is 0 Å². The van der Waals surface area contributed by atoms with E-state index in [9.17, 15) is 0 Å². The first-order chi connectivity index (χ1) is 5.56. The monoisotopic (exact) mass is 214 g/mol. The van der Waals surface area contributed by atoms with Crippen molar-refractivity contribution in [1.29, 1.82) is 0 Å². The second-order valence-corrected chi connectivity index (χ2v) is 6.12. The van der Waals surface area contributed by atoms with Crippen molar-refractivity contribution in [3.63, 3.8) is 0 Å². The van der Waals surface area contributed by atoms with Crippen LogP contribution in [0, 0.1) is 0 Å². The Labute approximate surface area is 78.8 Å². The van der Waals surface area contributed by atoms with Gasteiger partial charge in [0, 0.05) is 0 Å². The van der Waals surface area contributed by atoms with Crippen molar-refractivity contribution in [2.24, 2.45) is 0 Å². The molecule has 76 valence electrons. The van der Waals surface area contributed by atoms with Crippen molar-refractivity contribution in [1.82, 2.24) is 0 Å². The van der Waals surface area contributed by atoms with Gasteiger partial charge in [0.25, 0.3) is 0 Å². The average Bonchev–Trinajstić information content (AvgIpc) is 1.94. The fraction of sp³-hybridized carbons (Fsp3) is 1.00. The van der Waals surface area contributed by atoms with E-state index in [2.05, 4.69) is 6.92 Å². The van der Waals surface area contributed by atoms with Crippen LogP contribution in [0.2, 0.25) is 0 Å². The van der Waals surface area contributed by atoms with E-state index in [1.165, 1.54) is 12.2 Å². The third kappa shape index (κ3) is 10.7. The Morgan fingerprint density at radius 3 is 2.25 bits per heavy atom. The predicted octanol–water partition coefficient (Wildman–Crippen LogP) is 1.38. The third-order valence-electron chi connectivity index (χ3n) is 1.40. The van der Waals surface area contributed by atoms with Crippen molar-refractivity contribution in [2.45, 2.75) is 26.2 Å². The van der Waals surface area contributed by atoms with Crippen LogP contribution in [0.1, 0.15) is 26.2 Å². The Morgan fingerprint density at radius 1 is 1.08 bits per heavy atom. The van der Waals surface area contributed by atoms with Crippen LogP contribution in [-0.4, -0.2) is 32.3 Å². The summed E-state index contributed by atoms with van der Waals surface area (Å²) < 4.78 is 0. The van der Waals surface area contributed by atoms with Gasteiger partial charge in [0.15, 0.2) is 0 Å². The van der Waals surface area contributed by atoms with Gasteiger partial charge in [-0.05, 0) is 0 Å². The van der Waals surface area contributed by atoms with E-state index >= 15 is 0 Å². The molecule has 3 N–H and O–H groups in total. The number of rotatable bonds is 7. The van der Waals surface area contributed by atoms with Gasteiger partial charge in [-0.15, -0.1) is 0 Å². The molecule has 0 spiro atoms. The summed E-state index contributed by atoms with van der Waals surface area (Å²) in [5, 5.41) is 0. The molecular formula is C7H19O3PS. The van der Waals surface area contributed by atoms with E-state index in [-0.39, 0.29) is 6.16 Å². The van der Waals surface area contributed by atoms with Gasteiger partial charge in [-0.2, -0.15) is 0 Å². The molecule has 0 aliphatic carbocycles. The van der Waals surface area contributed by atoms with Gasteiger partial charge in [0.05, 0.1) is 0 Å². The molecule has 0 aromatic rings. The van der Waals surface area contributed by atoms with E-state index < -0.39 is 7.94 Å². The van der Waals surface area contributed by atoms with Crippen LogP contribution in [0.5, 0.6) is 0 Å². The number of unbranched alkanes of at least 4 members (excludes halogenated alkanes) is 1. The normalized spacial score (nSPS) is 13.3. The maximum absolute atomic E-state index is 8.66. The Morgan fingerprint density at radius 2 is 1.75 bits per heavy atom. The van der Waals surface area contributed by atoms with E-state index in [1.54, 1.807) is 0 Å². The molecule has 0 heterocycles. The molecule has 0 atom stereocenters. The summed E-state index contributed by atoms with van der Waals surface area (Å²) in [4.78, 5) is 26.0. The first-order valence-corrected chi connectivity index (χ1v) is 7.51. The van der Waals surface area contributed by atoms with E-state index in [0.29, 0.717) is 6.42 Å². The molecule has 0 radical (unpaired) electrons. The second kappa shape index (κ2) is 7.10. The maximum atomic E-state index is 8.66. The van der Waals surface area contributed by atoms with Crippen molar-refractivity contribution < 1.29 is 14.7 Å². The van der Waals surface area contributed by atoms with Crippen molar-refractivity contribution in [3.8, 4) is 0 Å². The zero-order valence-corrected chi connectivity index (χ0v) is 9.31. The molecule has 0 bridgehead atoms. The zero-order chi connectivity index (χ0) is 9.45. The molecule has 5 heteroatoms. The van der Waals surface area contributed by atoms with Gasteiger partial charge in [-0.25, -0.2) is 0 Å². The minimum absolute atomic E-state index is 0.180. The Bertz CT molecular complexity index is 105. The Kier molecular flexibility index (Phi) is 7.49. The first-order valence-electron chi connectivity index (χ1n) is 4.31. The summed E-state index contributed by atoms with van der Waals surface area (Å²) in [6.45, 7) is 2.14. The molecule has 0 aliphatic heterocycles. The SMILES string of the molecule is CCCSCCCC[PH](O)(O)O. The molecule has 12 heavy (non-hydrogen) atoms. The van der Waals surface area contributed by atoms with Crippen LogP contribution < -0.4 is 0 Å². The first kappa shape index (κ1) is 12.7. The van der Waals surface area contributed by atoms with Crippen LogP contribution in [-0.2, 0) is 0 Å². The molecule has 0 fully saturated rings. The molecule has 0 amide bonds. The minimum atomic E-state index is -3.73.